The topological polar surface area (TPSA) is 73.9 Å². The smallest absolute Gasteiger partial charge is 0.203 e. The maximum Gasteiger partial charge on any atom is 0.203 e. The van der Waals surface area contributed by atoms with E-state index in [4.69, 9.17) is 22.9 Å². The fraction of sp³-hybridized carbons (Fsp3) is 0.250. The molecule has 0 atom stereocenters. The maximum absolute atomic E-state index is 9.08. The molecule has 1 N–H and O–H groups in total. The van der Waals surface area contributed by atoms with Crippen molar-refractivity contribution >= 4 is 23.6 Å². The van der Waals surface area contributed by atoms with E-state index in [2.05, 4.69) is 10.0 Å². The second-order valence-electron chi connectivity index (χ2n) is 1.66. The predicted molar refractivity (Wildman–Crippen MR) is 44.0 cm³/mol. The first kappa shape index (κ1) is 8.06. The van der Waals surface area contributed by atoms with Crippen molar-refractivity contribution in [2.75, 3.05) is 0 Å². The Bertz CT molecular complexity index is 347. The van der Waals surface area contributed by atoms with Gasteiger partial charge < -0.3 is 5.11 Å². The zero-order valence-electron chi connectivity index (χ0n) is 5.34. The molecule has 0 unspecified atom stereocenters. The number of rotatable bonds is 2. The Kier molecular flexibility index (Phi) is 2.48. The fourth-order valence-corrected chi connectivity index (χ4v) is 1.45. The molecular weight excluding hydrogens is 184 g/mol. The molecule has 5 nitrogen and oxygen atoms in total. The number of hydrogen-bond acceptors (Lipinski definition) is 4. The zero-order chi connectivity index (χ0) is 8.27. The summed E-state index contributed by atoms with van der Waals surface area (Å²) in [6.45, 7) is 0.0463. The third-order valence-corrected chi connectivity index (χ3v) is 2.29. The first-order chi connectivity index (χ1) is 5.25. The molecule has 0 amide bonds. The summed E-state index contributed by atoms with van der Waals surface area (Å²) >= 11 is 6.05. The van der Waals surface area contributed by atoms with Crippen LogP contribution in [-0.4, -0.2) is 9.67 Å². The summed E-state index contributed by atoms with van der Waals surface area (Å²) in [7, 11) is 0. The van der Waals surface area contributed by atoms with Crippen LogP contribution in [0.1, 0.15) is 0 Å². The molecule has 11 heavy (non-hydrogen) atoms. The van der Waals surface area contributed by atoms with Crippen molar-refractivity contribution in [2.45, 2.75) is 6.67 Å². The Morgan fingerprint density at radius 2 is 2.64 bits per heavy atom. The van der Waals surface area contributed by atoms with Crippen LogP contribution < -0.4 is 0 Å². The second kappa shape index (κ2) is 3.38. The van der Waals surface area contributed by atoms with Gasteiger partial charge in [0.2, 0.25) is 5.88 Å². The molecule has 1 aromatic heterocycles. The van der Waals surface area contributed by atoms with Crippen LogP contribution >= 0.6 is 23.6 Å². The second-order valence-corrected chi connectivity index (χ2v) is 3.16. The largest absolute Gasteiger partial charge is 0.494 e. The van der Waals surface area contributed by atoms with Gasteiger partial charge >= 0.3 is 0 Å². The van der Waals surface area contributed by atoms with Crippen molar-refractivity contribution in [3.63, 3.8) is 0 Å². The highest BCUT2D eigenvalue weighted by molar-refractivity contribution is 7.73. The number of aromatic nitrogens is 1. The molecule has 0 fully saturated rings. The van der Waals surface area contributed by atoms with Crippen LogP contribution in [0.2, 0.25) is 0 Å². The van der Waals surface area contributed by atoms with E-state index in [-0.39, 0.29) is 12.5 Å². The Morgan fingerprint density at radius 1 is 1.91 bits per heavy atom. The van der Waals surface area contributed by atoms with Crippen LogP contribution in [0, 0.1) is 3.95 Å². The van der Waals surface area contributed by atoms with Gasteiger partial charge in [0.25, 0.3) is 0 Å². The number of azide groups is 1. The SMILES string of the molecule is [N-]=[N+]=NCn1c(O)csc1=S. The summed E-state index contributed by atoms with van der Waals surface area (Å²) in [6.07, 6.45) is 0. The van der Waals surface area contributed by atoms with Crippen LogP contribution in [-0.2, 0) is 6.67 Å². The van der Waals surface area contributed by atoms with Crippen molar-refractivity contribution in [1.82, 2.24) is 4.57 Å². The van der Waals surface area contributed by atoms with Crippen LogP contribution in [0.5, 0.6) is 5.88 Å². The minimum atomic E-state index is 0.0346. The van der Waals surface area contributed by atoms with Crippen molar-refractivity contribution in [3.8, 4) is 5.88 Å². The van der Waals surface area contributed by atoms with Gasteiger partial charge in [0.05, 0.1) is 5.38 Å². The molecule has 7 heteroatoms. The van der Waals surface area contributed by atoms with E-state index in [9.17, 15) is 0 Å². The lowest BCUT2D eigenvalue weighted by molar-refractivity contribution is 0.418. The maximum atomic E-state index is 9.08. The Balaban J connectivity index is 3.01. The van der Waals surface area contributed by atoms with E-state index in [1.807, 2.05) is 0 Å². The molecule has 0 aliphatic heterocycles. The van der Waals surface area contributed by atoms with Crippen molar-refractivity contribution in [2.24, 2.45) is 5.11 Å². The Hall–Kier alpha value is -1.04. The standard InChI is InChI=1S/C4H4N4OS2/c5-7-6-2-8-3(9)1-11-4(8)10/h1,9H,2H2. The molecular formula is C4H4N4OS2. The summed E-state index contributed by atoms with van der Waals surface area (Å²) in [5, 5.41) is 13.8. The van der Waals surface area contributed by atoms with Crippen molar-refractivity contribution in [3.05, 3.63) is 19.8 Å². The lowest BCUT2D eigenvalue weighted by Crippen LogP contribution is -1.91. The highest BCUT2D eigenvalue weighted by Crippen LogP contribution is 2.16. The average molecular weight is 188 g/mol. The average Bonchev–Trinajstić information content (AvgIpc) is 2.29. The van der Waals surface area contributed by atoms with Crippen LogP contribution in [0.4, 0.5) is 0 Å². The number of thiazole rings is 1. The summed E-state index contributed by atoms with van der Waals surface area (Å²) in [5.74, 6) is 0.0346. The van der Waals surface area contributed by atoms with Gasteiger partial charge in [0.15, 0.2) is 3.95 Å². The van der Waals surface area contributed by atoms with E-state index in [1.165, 1.54) is 21.3 Å². The first-order valence-electron chi connectivity index (χ1n) is 2.64. The Morgan fingerprint density at radius 3 is 3.09 bits per heavy atom. The summed E-state index contributed by atoms with van der Waals surface area (Å²) < 4.78 is 1.84. The quantitative estimate of drug-likeness (QED) is 0.334. The lowest BCUT2D eigenvalue weighted by atomic mass is 10.8. The number of nitrogens with zero attached hydrogens (tertiary/aromatic N) is 4. The number of aromatic hydroxyl groups is 1. The highest BCUT2D eigenvalue weighted by Gasteiger charge is 1.98. The van der Waals surface area contributed by atoms with Gasteiger partial charge in [-0.25, -0.2) is 0 Å². The molecule has 0 saturated carbocycles. The van der Waals surface area contributed by atoms with E-state index in [0.29, 0.717) is 3.95 Å². The minimum Gasteiger partial charge on any atom is -0.494 e. The highest BCUT2D eigenvalue weighted by atomic mass is 32.1. The van der Waals surface area contributed by atoms with E-state index < -0.39 is 0 Å². The molecule has 58 valence electrons. The van der Waals surface area contributed by atoms with Gasteiger partial charge in [-0.1, -0.05) is 5.11 Å². The summed E-state index contributed by atoms with van der Waals surface area (Å²) in [6, 6.07) is 0. The molecule has 0 radical (unpaired) electrons. The first-order valence-corrected chi connectivity index (χ1v) is 3.92. The molecule has 0 spiro atoms. The molecule has 0 aliphatic rings. The summed E-state index contributed by atoms with van der Waals surface area (Å²) in [4.78, 5) is 2.54. The third-order valence-electron chi connectivity index (χ3n) is 1.03. The van der Waals surface area contributed by atoms with Crippen molar-refractivity contribution in [1.29, 1.82) is 0 Å². The van der Waals surface area contributed by atoms with E-state index in [1.54, 1.807) is 0 Å². The van der Waals surface area contributed by atoms with Crippen molar-refractivity contribution < 1.29 is 5.11 Å². The summed E-state index contributed by atoms with van der Waals surface area (Å²) in [5.41, 5.74) is 7.98. The Labute approximate surface area is 71.2 Å². The van der Waals surface area contributed by atoms with Gasteiger partial charge in [-0.05, 0) is 17.7 Å². The zero-order valence-corrected chi connectivity index (χ0v) is 6.97. The molecule has 0 saturated heterocycles. The molecule has 0 bridgehead atoms. The van der Waals surface area contributed by atoms with Gasteiger partial charge in [-0.3, -0.25) is 4.57 Å². The molecule has 0 aromatic carbocycles. The van der Waals surface area contributed by atoms with Gasteiger partial charge in [-0.2, -0.15) is 0 Å². The van der Waals surface area contributed by atoms with Crippen LogP contribution in [0.3, 0.4) is 0 Å². The lowest BCUT2D eigenvalue weighted by Gasteiger charge is -1.95. The minimum absolute atomic E-state index is 0.0346. The third kappa shape index (κ3) is 1.70. The molecule has 0 aliphatic carbocycles. The molecule has 1 heterocycles. The fourth-order valence-electron chi connectivity index (χ4n) is 0.546. The predicted octanol–water partition coefficient (Wildman–Crippen LogP) is 2.25. The van der Waals surface area contributed by atoms with Gasteiger partial charge in [-0.15, -0.1) is 11.3 Å². The number of hydrogen-bond donors (Lipinski definition) is 1. The van der Waals surface area contributed by atoms with Gasteiger partial charge in [0.1, 0.15) is 6.67 Å². The van der Waals surface area contributed by atoms with Crippen LogP contribution in [0.25, 0.3) is 10.4 Å². The van der Waals surface area contributed by atoms with E-state index in [0.717, 1.165) is 0 Å². The van der Waals surface area contributed by atoms with E-state index >= 15 is 0 Å². The molecule has 1 aromatic rings. The normalized spacial score (nSPS) is 9.09. The van der Waals surface area contributed by atoms with Crippen LogP contribution in [0.15, 0.2) is 10.5 Å². The monoisotopic (exact) mass is 188 g/mol. The van der Waals surface area contributed by atoms with Gasteiger partial charge in [0, 0.05) is 4.91 Å². The molecule has 1 rings (SSSR count).